The number of nitrogens with zero attached hydrogens (tertiary/aromatic N) is 4. The molecule has 3 heterocycles. The zero-order chi connectivity index (χ0) is 22.2. The van der Waals surface area contributed by atoms with Crippen molar-refractivity contribution in [3.63, 3.8) is 0 Å². The summed E-state index contributed by atoms with van der Waals surface area (Å²) in [4.78, 5) is 24.4. The first-order valence-corrected chi connectivity index (χ1v) is 13.0. The fourth-order valence-corrected chi connectivity index (χ4v) is 6.07. The summed E-state index contributed by atoms with van der Waals surface area (Å²) in [5, 5.41) is 0.565. The van der Waals surface area contributed by atoms with Crippen LogP contribution in [0.15, 0.2) is 36.5 Å². The predicted molar refractivity (Wildman–Crippen MR) is 124 cm³/mol. The number of benzene rings is 1. The summed E-state index contributed by atoms with van der Waals surface area (Å²) in [6, 6.07) is 8.95. The van der Waals surface area contributed by atoms with E-state index in [2.05, 4.69) is 18.0 Å². The summed E-state index contributed by atoms with van der Waals surface area (Å²) in [6.07, 6.45) is 4.94. The molecule has 1 atom stereocenters. The van der Waals surface area contributed by atoms with Crippen LogP contribution in [0.2, 0.25) is 0 Å². The SMILES string of the molecule is Cc1cc2nc(N(Cc3ccccn3)C(=O)C3CCCCN3S(C)(=O)=O)sc2cc1C. The molecule has 0 saturated carbocycles. The molecule has 1 amide bonds. The summed E-state index contributed by atoms with van der Waals surface area (Å²) in [5.41, 5.74) is 3.87. The number of hydrogen-bond acceptors (Lipinski definition) is 6. The molecule has 4 rings (SSSR count). The van der Waals surface area contributed by atoms with Crippen LogP contribution in [0, 0.1) is 13.8 Å². The fourth-order valence-electron chi connectivity index (χ4n) is 3.91. The molecule has 1 aliphatic rings. The highest BCUT2D eigenvalue weighted by Crippen LogP contribution is 2.33. The molecule has 1 aliphatic heterocycles. The summed E-state index contributed by atoms with van der Waals surface area (Å²) in [7, 11) is -3.49. The van der Waals surface area contributed by atoms with E-state index < -0.39 is 16.1 Å². The zero-order valence-corrected chi connectivity index (χ0v) is 19.5. The molecule has 164 valence electrons. The number of anilines is 1. The van der Waals surface area contributed by atoms with Crippen LogP contribution < -0.4 is 4.90 Å². The van der Waals surface area contributed by atoms with E-state index in [-0.39, 0.29) is 12.5 Å². The van der Waals surface area contributed by atoms with Crippen LogP contribution in [0.25, 0.3) is 10.2 Å². The molecular formula is C22H26N4O3S2. The van der Waals surface area contributed by atoms with Crippen LogP contribution in [-0.2, 0) is 21.4 Å². The average molecular weight is 459 g/mol. The number of thiazole rings is 1. The molecule has 3 aromatic rings. The number of aromatic nitrogens is 2. The molecule has 0 bridgehead atoms. The van der Waals surface area contributed by atoms with Crippen molar-refractivity contribution in [1.82, 2.24) is 14.3 Å². The maximum atomic E-state index is 13.7. The predicted octanol–water partition coefficient (Wildman–Crippen LogP) is 3.66. The van der Waals surface area contributed by atoms with Crippen molar-refractivity contribution in [1.29, 1.82) is 0 Å². The number of carbonyl (C=O) groups excluding carboxylic acids is 1. The standard InChI is InChI=1S/C22H26N4O3S2/c1-15-12-18-20(13-16(15)2)30-22(24-18)25(14-17-8-4-6-10-23-17)21(27)19-9-5-7-11-26(19)31(3,28)29/h4,6,8,10,12-13,19H,5,7,9,11,14H2,1-3H3. The molecular weight excluding hydrogens is 432 g/mol. The van der Waals surface area contributed by atoms with Gasteiger partial charge in [0.2, 0.25) is 15.9 Å². The second kappa shape index (κ2) is 8.64. The van der Waals surface area contributed by atoms with Crippen molar-refractivity contribution in [2.45, 2.75) is 45.7 Å². The van der Waals surface area contributed by atoms with E-state index >= 15 is 0 Å². The molecule has 7 nitrogen and oxygen atoms in total. The Bertz CT molecular complexity index is 1170. The Morgan fingerprint density at radius 2 is 2.00 bits per heavy atom. The maximum absolute atomic E-state index is 13.7. The highest BCUT2D eigenvalue weighted by molar-refractivity contribution is 7.88. The highest BCUT2D eigenvalue weighted by atomic mass is 32.2. The van der Waals surface area contributed by atoms with Crippen LogP contribution in [0.1, 0.15) is 36.1 Å². The van der Waals surface area contributed by atoms with Gasteiger partial charge in [0, 0.05) is 12.7 Å². The van der Waals surface area contributed by atoms with Gasteiger partial charge in [0.25, 0.3) is 0 Å². The molecule has 1 fully saturated rings. The number of carbonyl (C=O) groups is 1. The third kappa shape index (κ3) is 4.63. The Hall–Kier alpha value is -2.36. The quantitative estimate of drug-likeness (QED) is 0.583. The van der Waals surface area contributed by atoms with Crippen LogP contribution in [0.5, 0.6) is 0 Å². The van der Waals surface area contributed by atoms with E-state index in [1.165, 1.54) is 27.5 Å². The van der Waals surface area contributed by atoms with E-state index in [9.17, 15) is 13.2 Å². The maximum Gasteiger partial charge on any atom is 0.247 e. The summed E-state index contributed by atoms with van der Waals surface area (Å²) in [5.74, 6) is -0.247. The number of amides is 1. The van der Waals surface area contributed by atoms with E-state index in [0.717, 1.165) is 34.3 Å². The molecule has 1 saturated heterocycles. The normalized spacial score (nSPS) is 17.7. The minimum atomic E-state index is -3.49. The summed E-state index contributed by atoms with van der Waals surface area (Å²) in [6.45, 7) is 4.70. The van der Waals surface area contributed by atoms with Crippen LogP contribution in [0.3, 0.4) is 0 Å². The Balaban J connectivity index is 1.76. The third-order valence-corrected chi connectivity index (χ3v) is 8.03. The van der Waals surface area contributed by atoms with Crippen LogP contribution >= 0.6 is 11.3 Å². The van der Waals surface area contributed by atoms with Gasteiger partial charge in [-0.25, -0.2) is 13.4 Å². The van der Waals surface area contributed by atoms with Gasteiger partial charge in [-0.3, -0.25) is 14.7 Å². The number of aryl methyl sites for hydroxylation is 2. The molecule has 9 heteroatoms. The number of rotatable bonds is 5. The summed E-state index contributed by atoms with van der Waals surface area (Å²) >= 11 is 1.45. The molecule has 0 aliphatic carbocycles. The van der Waals surface area contributed by atoms with Gasteiger partial charge in [0.1, 0.15) is 6.04 Å². The van der Waals surface area contributed by atoms with Gasteiger partial charge in [0.15, 0.2) is 5.13 Å². The van der Waals surface area contributed by atoms with Crippen molar-refractivity contribution in [3.05, 3.63) is 53.3 Å². The smallest absolute Gasteiger partial charge is 0.247 e. The third-order valence-electron chi connectivity index (χ3n) is 5.70. The van der Waals surface area contributed by atoms with Crippen LogP contribution in [0.4, 0.5) is 5.13 Å². The van der Waals surface area contributed by atoms with Gasteiger partial charge in [-0.05, 0) is 62.1 Å². The van der Waals surface area contributed by atoms with Gasteiger partial charge in [0.05, 0.1) is 28.7 Å². The number of fused-ring (bicyclic) bond motifs is 1. The van der Waals surface area contributed by atoms with Gasteiger partial charge in [-0.1, -0.05) is 23.8 Å². The molecule has 0 N–H and O–H groups in total. The van der Waals surface area contributed by atoms with E-state index in [1.54, 1.807) is 11.1 Å². The van der Waals surface area contributed by atoms with Crippen molar-refractivity contribution in [2.24, 2.45) is 0 Å². The van der Waals surface area contributed by atoms with E-state index in [1.807, 2.05) is 31.2 Å². The molecule has 0 radical (unpaired) electrons. The number of pyridine rings is 1. The largest absolute Gasteiger partial charge is 0.281 e. The van der Waals surface area contributed by atoms with Gasteiger partial charge in [-0.2, -0.15) is 4.31 Å². The van der Waals surface area contributed by atoms with Crippen LogP contribution in [-0.4, -0.2) is 47.4 Å². The minimum absolute atomic E-state index is 0.242. The second-order valence-corrected chi connectivity index (χ2v) is 11.0. The lowest BCUT2D eigenvalue weighted by Crippen LogP contribution is -2.52. The Morgan fingerprint density at radius 1 is 1.23 bits per heavy atom. The lowest BCUT2D eigenvalue weighted by molar-refractivity contribution is -0.123. The lowest BCUT2D eigenvalue weighted by atomic mass is 10.0. The monoisotopic (exact) mass is 458 g/mol. The first-order valence-electron chi connectivity index (χ1n) is 10.3. The van der Waals surface area contributed by atoms with Gasteiger partial charge in [-0.15, -0.1) is 0 Å². The Kier molecular flexibility index (Phi) is 6.09. The van der Waals surface area contributed by atoms with E-state index in [4.69, 9.17) is 4.98 Å². The number of sulfonamides is 1. The minimum Gasteiger partial charge on any atom is -0.281 e. The Morgan fingerprint density at radius 3 is 2.71 bits per heavy atom. The molecule has 1 unspecified atom stereocenters. The zero-order valence-electron chi connectivity index (χ0n) is 17.9. The van der Waals surface area contributed by atoms with Crippen molar-refractivity contribution in [3.8, 4) is 0 Å². The van der Waals surface area contributed by atoms with E-state index in [0.29, 0.717) is 18.1 Å². The van der Waals surface area contributed by atoms with Crippen molar-refractivity contribution < 1.29 is 13.2 Å². The molecule has 2 aromatic heterocycles. The molecule has 31 heavy (non-hydrogen) atoms. The lowest BCUT2D eigenvalue weighted by Gasteiger charge is -2.35. The number of piperidine rings is 1. The number of hydrogen-bond donors (Lipinski definition) is 0. The second-order valence-electron chi connectivity index (χ2n) is 8.03. The molecule has 0 spiro atoms. The first-order chi connectivity index (χ1) is 14.7. The fraction of sp³-hybridized carbons (Fsp3) is 0.409. The van der Waals surface area contributed by atoms with Crippen molar-refractivity contribution in [2.75, 3.05) is 17.7 Å². The molecule has 1 aromatic carbocycles. The van der Waals surface area contributed by atoms with Gasteiger partial charge < -0.3 is 0 Å². The topological polar surface area (TPSA) is 83.5 Å². The van der Waals surface area contributed by atoms with Crippen molar-refractivity contribution >= 4 is 42.6 Å². The van der Waals surface area contributed by atoms with Gasteiger partial charge >= 0.3 is 0 Å². The highest BCUT2D eigenvalue weighted by Gasteiger charge is 2.38. The first kappa shape index (κ1) is 21.9. The average Bonchev–Trinajstić information content (AvgIpc) is 3.14. The summed E-state index contributed by atoms with van der Waals surface area (Å²) < 4.78 is 27.1. The Labute approximate surface area is 186 Å².